The molecule has 0 radical (unpaired) electrons. The van der Waals surface area contributed by atoms with Crippen LogP contribution in [0.15, 0.2) is 66.7 Å². The molecule has 0 aliphatic rings. The fourth-order valence-corrected chi connectivity index (χ4v) is 4.24. The number of rotatable bonds is 12. The Labute approximate surface area is 217 Å². The average molecular weight is 522 g/mol. The Hall–Kier alpha value is -3.89. The molecule has 0 aliphatic carbocycles. The van der Waals surface area contributed by atoms with Gasteiger partial charge in [-0.05, 0) is 42.0 Å². The van der Waals surface area contributed by atoms with E-state index < -0.39 is 9.84 Å². The highest BCUT2D eigenvalue weighted by Crippen LogP contribution is 2.33. The highest BCUT2D eigenvalue weighted by molar-refractivity contribution is 7.90. The van der Waals surface area contributed by atoms with Crippen LogP contribution in [-0.2, 0) is 16.4 Å². The monoisotopic (exact) mass is 521 g/mol. The number of aromatic nitrogens is 2. The van der Waals surface area contributed by atoms with Crippen molar-refractivity contribution in [1.29, 1.82) is 0 Å². The standard InChI is InChI=1S/C27H31N5O4S/c1-35-25-16-22-23(17-24(25)30-13-12-29-14-15-37(2,33)34)31-27(32-26(22)28)20-8-10-21(11-9-20)36-18-19-6-4-3-5-7-19/h3-11,16-17,29-30H,12-15,18H2,1-2H3,(H2,28,31,32). The summed E-state index contributed by atoms with van der Waals surface area (Å²) in [5.41, 5.74) is 9.65. The Morgan fingerprint density at radius 2 is 1.70 bits per heavy atom. The lowest BCUT2D eigenvalue weighted by Gasteiger charge is -2.14. The van der Waals surface area contributed by atoms with Gasteiger partial charge >= 0.3 is 0 Å². The molecule has 0 spiro atoms. The van der Waals surface area contributed by atoms with Crippen molar-refractivity contribution in [1.82, 2.24) is 15.3 Å². The van der Waals surface area contributed by atoms with Crippen LogP contribution in [0.4, 0.5) is 11.5 Å². The van der Waals surface area contributed by atoms with Crippen LogP contribution in [0.3, 0.4) is 0 Å². The summed E-state index contributed by atoms with van der Waals surface area (Å²) in [6, 6.07) is 21.3. The van der Waals surface area contributed by atoms with E-state index in [0.717, 1.165) is 22.6 Å². The number of nitrogens with two attached hydrogens (primary N) is 1. The summed E-state index contributed by atoms with van der Waals surface area (Å²) in [5.74, 6) is 2.34. The summed E-state index contributed by atoms with van der Waals surface area (Å²) in [4.78, 5) is 9.25. The van der Waals surface area contributed by atoms with Gasteiger partial charge in [0.2, 0.25) is 0 Å². The zero-order valence-corrected chi connectivity index (χ0v) is 21.7. The van der Waals surface area contributed by atoms with Crippen LogP contribution in [0.2, 0.25) is 0 Å². The molecule has 0 aliphatic heterocycles. The number of hydrogen-bond acceptors (Lipinski definition) is 9. The first-order valence-electron chi connectivity index (χ1n) is 11.9. The maximum Gasteiger partial charge on any atom is 0.162 e. The van der Waals surface area contributed by atoms with Crippen molar-refractivity contribution in [3.63, 3.8) is 0 Å². The second-order valence-corrected chi connectivity index (χ2v) is 10.9. The van der Waals surface area contributed by atoms with Gasteiger partial charge in [0.15, 0.2) is 5.82 Å². The molecule has 37 heavy (non-hydrogen) atoms. The molecule has 0 saturated heterocycles. The van der Waals surface area contributed by atoms with Crippen molar-refractivity contribution in [3.8, 4) is 22.9 Å². The average Bonchev–Trinajstić information content (AvgIpc) is 2.89. The highest BCUT2D eigenvalue weighted by atomic mass is 32.2. The van der Waals surface area contributed by atoms with Gasteiger partial charge in [0.25, 0.3) is 0 Å². The van der Waals surface area contributed by atoms with Gasteiger partial charge in [0, 0.05) is 36.8 Å². The lowest BCUT2D eigenvalue weighted by atomic mass is 10.1. The Bertz CT molecular complexity index is 1450. The Kier molecular flexibility index (Phi) is 8.42. The molecule has 10 heteroatoms. The van der Waals surface area contributed by atoms with Gasteiger partial charge in [0.1, 0.15) is 33.8 Å². The third-order valence-corrected chi connectivity index (χ3v) is 6.62. The molecular formula is C27H31N5O4S. The van der Waals surface area contributed by atoms with Gasteiger partial charge in [0.05, 0.1) is 24.1 Å². The maximum atomic E-state index is 11.2. The van der Waals surface area contributed by atoms with Crippen LogP contribution in [0.1, 0.15) is 5.56 Å². The molecule has 1 heterocycles. The van der Waals surface area contributed by atoms with Crippen molar-refractivity contribution in [2.45, 2.75) is 6.61 Å². The van der Waals surface area contributed by atoms with E-state index in [1.165, 1.54) is 6.26 Å². The molecule has 3 aromatic carbocycles. The lowest BCUT2D eigenvalue weighted by Crippen LogP contribution is -2.27. The third-order valence-electron chi connectivity index (χ3n) is 5.67. The minimum Gasteiger partial charge on any atom is -0.495 e. The van der Waals surface area contributed by atoms with Crippen LogP contribution < -0.4 is 25.8 Å². The molecule has 4 aromatic rings. The quantitative estimate of drug-likeness (QED) is 0.240. The largest absolute Gasteiger partial charge is 0.495 e. The van der Waals surface area contributed by atoms with Crippen LogP contribution in [0, 0.1) is 0 Å². The summed E-state index contributed by atoms with van der Waals surface area (Å²) < 4.78 is 33.9. The SMILES string of the molecule is COc1cc2c(N)nc(-c3ccc(OCc4ccccc4)cc3)nc2cc1NCCNCCS(C)(=O)=O. The molecule has 0 fully saturated rings. The number of benzene rings is 3. The molecule has 1 aromatic heterocycles. The Morgan fingerprint density at radius 1 is 0.946 bits per heavy atom. The highest BCUT2D eigenvalue weighted by Gasteiger charge is 2.13. The number of nitrogens with one attached hydrogen (secondary N) is 2. The van der Waals surface area contributed by atoms with Gasteiger partial charge in [-0.2, -0.15) is 0 Å². The van der Waals surface area contributed by atoms with Crippen LogP contribution in [0.25, 0.3) is 22.3 Å². The van der Waals surface area contributed by atoms with Gasteiger partial charge in [-0.25, -0.2) is 18.4 Å². The molecule has 0 bridgehead atoms. The van der Waals surface area contributed by atoms with Crippen LogP contribution in [-0.4, -0.2) is 57.1 Å². The zero-order chi connectivity index (χ0) is 26.3. The molecule has 194 valence electrons. The van der Waals surface area contributed by atoms with Crippen molar-refractivity contribution in [2.24, 2.45) is 0 Å². The van der Waals surface area contributed by atoms with Gasteiger partial charge in [-0.1, -0.05) is 30.3 Å². The first-order chi connectivity index (χ1) is 17.8. The molecule has 4 rings (SSSR count). The first kappa shape index (κ1) is 26.2. The number of sulfone groups is 1. The van der Waals surface area contributed by atoms with E-state index >= 15 is 0 Å². The van der Waals surface area contributed by atoms with Crippen molar-refractivity contribution < 1.29 is 17.9 Å². The maximum absolute atomic E-state index is 11.2. The Morgan fingerprint density at radius 3 is 2.41 bits per heavy atom. The predicted molar refractivity (Wildman–Crippen MR) is 148 cm³/mol. The van der Waals surface area contributed by atoms with E-state index in [1.54, 1.807) is 7.11 Å². The van der Waals surface area contributed by atoms with Gasteiger partial charge in [-0.15, -0.1) is 0 Å². The molecule has 0 amide bonds. The van der Waals surface area contributed by atoms with E-state index in [2.05, 4.69) is 15.6 Å². The normalized spacial score (nSPS) is 11.4. The van der Waals surface area contributed by atoms with Crippen molar-refractivity contribution >= 4 is 32.2 Å². The van der Waals surface area contributed by atoms with Gasteiger partial charge < -0.3 is 25.8 Å². The summed E-state index contributed by atoms with van der Waals surface area (Å²) in [6.07, 6.45) is 1.23. The molecule has 4 N–H and O–H groups in total. The van der Waals surface area contributed by atoms with Crippen molar-refractivity contribution in [2.75, 3.05) is 49.8 Å². The molecule has 9 nitrogen and oxygen atoms in total. The predicted octanol–water partition coefficient (Wildman–Crippen LogP) is 3.51. The van der Waals surface area contributed by atoms with Crippen molar-refractivity contribution in [3.05, 3.63) is 72.3 Å². The van der Waals surface area contributed by atoms with E-state index in [4.69, 9.17) is 20.2 Å². The fraction of sp³-hybridized carbons (Fsp3) is 0.259. The van der Waals surface area contributed by atoms with Gasteiger partial charge in [-0.3, -0.25) is 0 Å². The lowest BCUT2D eigenvalue weighted by molar-refractivity contribution is 0.306. The first-order valence-corrected chi connectivity index (χ1v) is 13.9. The molecule has 0 atom stereocenters. The summed E-state index contributed by atoms with van der Waals surface area (Å²) in [6.45, 7) is 2.05. The molecule has 0 unspecified atom stereocenters. The number of nitrogen functional groups attached to an aromatic ring is 1. The fourth-order valence-electron chi connectivity index (χ4n) is 3.72. The second-order valence-electron chi connectivity index (χ2n) is 8.61. The minimum atomic E-state index is -2.98. The summed E-state index contributed by atoms with van der Waals surface area (Å²) in [7, 11) is -1.40. The van der Waals surface area contributed by atoms with E-state index in [9.17, 15) is 8.42 Å². The van der Waals surface area contributed by atoms with E-state index in [0.29, 0.717) is 54.5 Å². The smallest absolute Gasteiger partial charge is 0.162 e. The number of methoxy groups -OCH3 is 1. The number of hydrogen-bond donors (Lipinski definition) is 3. The zero-order valence-electron chi connectivity index (χ0n) is 20.9. The van der Waals surface area contributed by atoms with E-state index in [1.807, 2.05) is 66.7 Å². The minimum absolute atomic E-state index is 0.103. The van der Waals surface area contributed by atoms with Crippen LogP contribution >= 0.6 is 0 Å². The van der Waals surface area contributed by atoms with Crippen LogP contribution in [0.5, 0.6) is 11.5 Å². The molecule has 0 saturated carbocycles. The number of nitrogens with zero attached hydrogens (tertiary/aromatic N) is 2. The third kappa shape index (κ3) is 7.31. The summed E-state index contributed by atoms with van der Waals surface area (Å²) >= 11 is 0. The van der Waals surface area contributed by atoms with E-state index in [-0.39, 0.29) is 5.75 Å². The second kappa shape index (κ2) is 11.9. The topological polar surface area (TPSA) is 128 Å². The molecular weight excluding hydrogens is 490 g/mol. The number of ether oxygens (including phenoxy) is 2. The number of anilines is 2. The summed E-state index contributed by atoms with van der Waals surface area (Å²) in [5, 5.41) is 7.12. The Balaban J connectivity index is 1.46. The number of fused-ring (bicyclic) bond motifs is 1.